The monoisotopic (exact) mass is 511 g/mol. The second kappa shape index (κ2) is 11.6. The number of sulfonamides is 1. The van der Waals surface area contributed by atoms with Gasteiger partial charge in [0.05, 0.1) is 43.5 Å². The summed E-state index contributed by atoms with van der Waals surface area (Å²) in [6.45, 7) is 1.35. The van der Waals surface area contributed by atoms with Crippen LogP contribution in [0.3, 0.4) is 0 Å². The maximum atomic E-state index is 13.0. The van der Waals surface area contributed by atoms with Crippen molar-refractivity contribution in [3.63, 3.8) is 0 Å². The fraction of sp³-hybridized carbons (Fsp3) is 0.231. The molecule has 0 saturated heterocycles. The minimum absolute atomic E-state index is 0.230. The Labute approximate surface area is 211 Å². The largest absolute Gasteiger partial charge is 0.493 e. The van der Waals surface area contributed by atoms with Gasteiger partial charge in [0.15, 0.2) is 11.5 Å². The number of benzene rings is 3. The van der Waals surface area contributed by atoms with Gasteiger partial charge < -0.3 is 20.1 Å². The highest BCUT2D eigenvalue weighted by molar-refractivity contribution is 7.92. The van der Waals surface area contributed by atoms with Crippen molar-refractivity contribution in [3.05, 3.63) is 83.9 Å². The molecule has 3 rings (SSSR count). The molecule has 0 bridgehead atoms. The summed E-state index contributed by atoms with van der Waals surface area (Å²) in [6.07, 6.45) is 1.00. The number of rotatable bonds is 10. The van der Waals surface area contributed by atoms with E-state index in [1.165, 1.54) is 26.4 Å². The summed E-state index contributed by atoms with van der Waals surface area (Å²) in [5.41, 5.74) is 1.69. The number of carbonyl (C=O) groups is 2. The molecule has 0 aliphatic carbocycles. The van der Waals surface area contributed by atoms with E-state index in [4.69, 9.17) is 9.47 Å². The molecular formula is C26H29N3O6S. The molecule has 0 aliphatic rings. The number of methoxy groups -OCH3 is 2. The van der Waals surface area contributed by atoms with Crippen molar-refractivity contribution in [2.24, 2.45) is 0 Å². The second-order valence-corrected chi connectivity index (χ2v) is 9.92. The van der Waals surface area contributed by atoms with Crippen molar-refractivity contribution in [1.82, 2.24) is 5.32 Å². The van der Waals surface area contributed by atoms with Crippen LogP contribution in [0.25, 0.3) is 0 Å². The minimum atomic E-state index is -3.83. The molecule has 10 heteroatoms. The van der Waals surface area contributed by atoms with Gasteiger partial charge in [0.2, 0.25) is 15.9 Å². The minimum Gasteiger partial charge on any atom is -0.493 e. The molecular weight excluding hydrogens is 482 g/mol. The quantitative estimate of drug-likeness (QED) is 0.430. The summed E-state index contributed by atoms with van der Waals surface area (Å²) >= 11 is 0. The van der Waals surface area contributed by atoms with Crippen molar-refractivity contribution in [2.45, 2.75) is 13.0 Å². The number of carbonyl (C=O) groups excluding carboxylic acids is 2. The van der Waals surface area contributed by atoms with Crippen LogP contribution in [0.5, 0.6) is 11.5 Å². The van der Waals surface area contributed by atoms with Crippen LogP contribution in [0.1, 0.15) is 28.9 Å². The lowest BCUT2D eigenvalue weighted by Gasteiger charge is -2.23. The lowest BCUT2D eigenvalue weighted by molar-refractivity contribution is -0.114. The molecule has 190 valence electrons. The molecule has 0 aliphatic heterocycles. The first-order valence-electron chi connectivity index (χ1n) is 11.1. The van der Waals surface area contributed by atoms with Crippen LogP contribution >= 0.6 is 0 Å². The molecule has 0 radical (unpaired) electrons. The van der Waals surface area contributed by atoms with Crippen LogP contribution in [-0.4, -0.2) is 47.3 Å². The van der Waals surface area contributed by atoms with E-state index in [1.807, 2.05) is 37.3 Å². The van der Waals surface area contributed by atoms with E-state index in [9.17, 15) is 18.0 Å². The highest BCUT2D eigenvalue weighted by atomic mass is 32.2. The van der Waals surface area contributed by atoms with Gasteiger partial charge in [-0.2, -0.15) is 0 Å². The second-order valence-electron chi connectivity index (χ2n) is 8.01. The summed E-state index contributed by atoms with van der Waals surface area (Å²) in [7, 11) is -0.930. The highest BCUT2D eigenvalue weighted by Crippen LogP contribution is 2.32. The molecule has 1 atom stereocenters. The van der Waals surface area contributed by atoms with Crippen molar-refractivity contribution in [2.75, 3.05) is 36.6 Å². The maximum absolute atomic E-state index is 13.0. The summed E-state index contributed by atoms with van der Waals surface area (Å²) < 4.78 is 36.4. The van der Waals surface area contributed by atoms with E-state index < -0.39 is 22.5 Å². The third-order valence-corrected chi connectivity index (χ3v) is 6.58. The number of hydrogen-bond donors (Lipinski definition) is 2. The number of anilines is 2. The molecule has 3 aromatic rings. The maximum Gasteiger partial charge on any atom is 0.253 e. The van der Waals surface area contributed by atoms with Gasteiger partial charge in [0.25, 0.3) is 5.91 Å². The molecule has 9 nitrogen and oxygen atoms in total. The van der Waals surface area contributed by atoms with E-state index in [-0.39, 0.29) is 28.9 Å². The van der Waals surface area contributed by atoms with Crippen LogP contribution < -0.4 is 24.4 Å². The van der Waals surface area contributed by atoms with Crippen LogP contribution in [0.2, 0.25) is 0 Å². The molecule has 0 heterocycles. The van der Waals surface area contributed by atoms with E-state index >= 15 is 0 Å². The number of hydrogen-bond acceptors (Lipinski definition) is 6. The van der Waals surface area contributed by atoms with Gasteiger partial charge in [-0.05, 0) is 36.8 Å². The Balaban J connectivity index is 1.79. The zero-order valence-electron chi connectivity index (χ0n) is 20.5. The first-order chi connectivity index (χ1) is 17.1. The molecule has 0 aromatic heterocycles. The normalized spacial score (nSPS) is 11.8. The Morgan fingerprint density at radius 2 is 1.56 bits per heavy atom. The average Bonchev–Trinajstić information content (AvgIpc) is 2.87. The third kappa shape index (κ3) is 6.54. The van der Waals surface area contributed by atoms with Gasteiger partial charge in [-0.1, -0.05) is 42.5 Å². The Morgan fingerprint density at radius 3 is 2.19 bits per heavy atom. The lowest BCUT2D eigenvalue weighted by atomic mass is 10.1. The van der Waals surface area contributed by atoms with Gasteiger partial charge in [0, 0.05) is 6.07 Å². The lowest BCUT2D eigenvalue weighted by Crippen LogP contribution is -2.37. The number of para-hydroxylation sites is 1. The van der Waals surface area contributed by atoms with Crippen LogP contribution in [0.15, 0.2) is 72.8 Å². The molecule has 0 unspecified atom stereocenters. The van der Waals surface area contributed by atoms with Gasteiger partial charge in [-0.25, -0.2) is 8.42 Å². The SMILES string of the molecule is COc1ccc(N(CC(=O)Nc2ccccc2C(=O)N[C@H](C)c2ccccc2)S(C)(=O)=O)cc1OC. The Hall–Kier alpha value is -4.05. The summed E-state index contributed by atoms with van der Waals surface area (Å²) in [6, 6.07) is 20.3. The van der Waals surface area contributed by atoms with E-state index in [2.05, 4.69) is 10.6 Å². The number of nitrogens with zero attached hydrogens (tertiary/aromatic N) is 1. The third-order valence-electron chi connectivity index (χ3n) is 5.44. The van der Waals surface area contributed by atoms with Gasteiger partial charge in [0.1, 0.15) is 6.54 Å². The van der Waals surface area contributed by atoms with E-state index in [0.29, 0.717) is 11.5 Å². The molecule has 36 heavy (non-hydrogen) atoms. The summed E-state index contributed by atoms with van der Waals surface area (Å²) in [5.74, 6) is -0.254. The topological polar surface area (TPSA) is 114 Å². The van der Waals surface area contributed by atoms with Crippen molar-refractivity contribution >= 4 is 33.2 Å². The molecule has 2 amide bonds. The number of nitrogens with one attached hydrogen (secondary N) is 2. The molecule has 0 fully saturated rings. The van der Waals surface area contributed by atoms with Gasteiger partial charge in [-0.15, -0.1) is 0 Å². The number of ether oxygens (including phenoxy) is 2. The van der Waals surface area contributed by atoms with Gasteiger partial charge in [-0.3, -0.25) is 13.9 Å². The average molecular weight is 512 g/mol. The van der Waals surface area contributed by atoms with Crippen molar-refractivity contribution in [3.8, 4) is 11.5 Å². The Bertz CT molecular complexity index is 1330. The molecule has 3 aromatic carbocycles. The van der Waals surface area contributed by atoms with Gasteiger partial charge >= 0.3 is 0 Å². The Morgan fingerprint density at radius 1 is 0.917 bits per heavy atom. The standard InChI is InChI=1S/C26H29N3O6S/c1-18(19-10-6-5-7-11-19)27-26(31)21-12-8-9-13-22(21)28-25(30)17-29(36(4,32)33)20-14-15-23(34-2)24(16-20)35-3/h5-16,18H,17H2,1-4H3,(H,27,31)(H,28,30)/t18-/m1/s1. The van der Waals surface area contributed by atoms with Crippen LogP contribution in [0.4, 0.5) is 11.4 Å². The molecule has 2 N–H and O–H groups in total. The molecule has 0 saturated carbocycles. The number of amides is 2. The Kier molecular flexibility index (Phi) is 8.55. The first-order valence-corrected chi connectivity index (χ1v) is 12.9. The van der Waals surface area contributed by atoms with Crippen molar-refractivity contribution < 1.29 is 27.5 Å². The fourth-order valence-electron chi connectivity index (χ4n) is 3.59. The summed E-state index contributed by atoms with van der Waals surface area (Å²) in [5, 5.41) is 5.58. The zero-order chi connectivity index (χ0) is 26.3. The first kappa shape index (κ1) is 26.6. The van der Waals surface area contributed by atoms with E-state index in [0.717, 1.165) is 16.1 Å². The molecule has 0 spiro atoms. The van der Waals surface area contributed by atoms with E-state index in [1.54, 1.807) is 30.3 Å². The predicted molar refractivity (Wildman–Crippen MR) is 139 cm³/mol. The highest BCUT2D eigenvalue weighted by Gasteiger charge is 2.23. The van der Waals surface area contributed by atoms with Crippen molar-refractivity contribution in [1.29, 1.82) is 0 Å². The summed E-state index contributed by atoms with van der Waals surface area (Å²) in [4.78, 5) is 25.9. The smallest absolute Gasteiger partial charge is 0.253 e. The zero-order valence-corrected chi connectivity index (χ0v) is 21.3. The van der Waals surface area contributed by atoms with Crippen LogP contribution in [0, 0.1) is 0 Å². The van der Waals surface area contributed by atoms with Crippen LogP contribution in [-0.2, 0) is 14.8 Å². The predicted octanol–water partition coefficient (Wildman–Crippen LogP) is 3.60. The fourth-order valence-corrected chi connectivity index (χ4v) is 4.44.